The largest absolute Gasteiger partial charge is 0.316 e. The zero-order valence-electron chi connectivity index (χ0n) is 12.6. The van der Waals surface area contributed by atoms with Crippen molar-refractivity contribution in [2.45, 2.75) is 38.1 Å². The van der Waals surface area contributed by atoms with Gasteiger partial charge in [0.15, 0.2) is 0 Å². The highest BCUT2D eigenvalue weighted by molar-refractivity contribution is 6.31. The van der Waals surface area contributed by atoms with Gasteiger partial charge in [-0.25, -0.2) is 0 Å². The molecule has 3 rings (SSSR count). The lowest BCUT2D eigenvalue weighted by Gasteiger charge is -2.32. The number of rotatable bonds is 3. The highest BCUT2D eigenvalue weighted by Gasteiger charge is 2.30. The van der Waals surface area contributed by atoms with E-state index in [2.05, 4.69) is 42.6 Å². The van der Waals surface area contributed by atoms with Crippen LogP contribution >= 0.6 is 11.6 Å². The standard InChI is InChI=1S/C17H22ClN3/c1-12(2)21-11-13(9-20-21)14-7-8-19-10-16(14)15-5-3-4-6-17(15)18/h3-6,9,11-12,14,16,19H,7-8,10H2,1-2H3. The molecule has 1 saturated heterocycles. The summed E-state index contributed by atoms with van der Waals surface area (Å²) < 4.78 is 2.04. The van der Waals surface area contributed by atoms with E-state index in [4.69, 9.17) is 11.6 Å². The molecule has 1 aliphatic rings. The molecule has 2 aromatic rings. The Kier molecular flexibility index (Phi) is 4.32. The molecule has 1 aliphatic heterocycles. The molecule has 0 aliphatic carbocycles. The van der Waals surface area contributed by atoms with Gasteiger partial charge >= 0.3 is 0 Å². The maximum Gasteiger partial charge on any atom is 0.0524 e. The van der Waals surface area contributed by atoms with E-state index in [1.54, 1.807) is 0 Å². The molecule has 0 bridgehead atoms. The average molecular weight is 304 g/mol. The average Bonchev–Trinajstić information content (AvgIpc) is 2.98. The van der Waals surface area contributed by atoms with Crippen LogP contribution in [0, 0.1) is 0 Å². The second-order valence-electron chi connectivity index (χ2n) is 6.07. The van der Waals surface area contributed by atoms with Gasteiger partial charge in [-0.05, 0) is 49.9 Å². The number of piperidine rings is 1. The lowest BCUT2D eigenvalue weighted by atomic mass is 9.78. The fraction of sp³-hybridized carbons (Fsp3) is 0.471. The van der Waals surface area contributed by atoms with Crippen LogP contribution in [0.15, 0.2) is 36.7 Å². The van der Waals surface area contributed by atoms with Gasteiger partial charge in [-0.1, -0.05) is 29.8 Å². The molecule has 21 heavy (non-hydrogen) atoms. The van der Waals surface area contributed by atoms with Gasteiger partial charge in [0, 0.05) is 29.7 Å². The lowest BCUT2D eigenvalue weighted by Crippen LogP contribution is -2.34. The monoisotopic (exact) mass is 303 g/mol. The van der Waals surface area contributed by atoms with Crippen molar-refractivity contribution < 1.29 is 0 Å². The molecule has 1 aromatic carbocycles. The SMILES string of the molecule is CC(C)n1cc(C2CCNCC2c2ccccc2Cl)cn1. The van der Waals surface area contributed by atoms with E-state index in [0.29, 0.717) is 17.9 Å². The summed E-state index contributed by atoms with van der Waals surface area (Å²) in [6, 6.07) is 8.61. The summed E-state index contributed by atoms with van der Waals surface area (Å²) in [5.74, 6) is 0.899. The molecule has 2 atom stereocenters. The number of hydrogen-bond donors (Lipinski definition) is 1. The molecule has 0 radical (unpaired) electrons. The number of halogens is 1. The third-order valence-electron chi connectivity index (χ3n) is 4.37. The number of nitrogens with zero attached hydrogens (tertiary/aromatic N) is 2. The predicted octanol–water partition coefficient (Wildman–Crippen LogP) is 3.98. The first-order valence-electron chi connectivity index (χ1n) is 7.66. The topological polar surface area (TPSA) is 29.9 Å². The van der Waals surface area contributed by atoms with E-state index in [1.807, 2.05) is 23.0 Å². The van der Waals surface area contributed by atoms with Crippen molar-refractivity contribution >= 4 is 11.6 Å². The van der Waals surface area contributed by atoms with Crippen LogP contribution in [0.3, 0.4) is 0 Å². The fourth-order valence-corrected chi connectivity index (χ4v) is 3.46. The molecule has 1 aromatic heterocycles. The molecule has 2 heterocycles. The van der Waals surface area contributed by atoms with Gasteiger partial charge in [0.25, 0.3) is 0 Å². The predicted molar refractivity (Wildman–Crippen MR) is 87.0 cm³/mol. The van der Waals surface area contributed by atoms with E-state index in [9.17, 15) is 0 Å². The molecular weight excluding hydrogens is 282 g/mol. The molecule has 0 saturated carbocycles. The summed E-state index contributed by atoms with van der Waals surface area (Å²) in [6.07, 6.45) is 5.35. The smallest absolute Gasteiger partial charge is 0.0524 e. The van der Waals surface area contributed by atoms with Crippen molar-refractivity contribution in [2.24, 2.45) is 0 Å². The maximum absolute atomic E-state index is 6.42. The van der Waals surface area contributed by atoms with Crippen molar-refractivity contribution in [2.75, 3.05) is 13.1 Å². The Morgan fingerprint density at radius 3 is 2.81 bits per heavy atom. The second kappa shape index (κ2) is 6.20. The first-order valence-corrected chi connectivity index (χ1v) is 8.04. The van der Waals surface area contributed by atoms with Gasteiger partial charge in [-0.3, -0.25) is 4.68 Å². The van der Waals surface area contributed by atoms with Crippen molar-refractivity contribution in [3.05, 3.63) is 52.8 Å². The molecule has 3 nitrogen and oxygen atoms in total. The van der Waals surface area contributed by atoms with Crippen LogP contribution in [-0.2, 0) is 0 Å². The van der Waals surface area contributed by atoms with Crippen LogP contribution in [0.1, 0.15) is 49.3 Å². The summed E-state index contributed by atoms with van der Waals surface area (Å²) in [5, 5.41) is 8.88. The van der Waals surface area contributed by atoms with Crippen LogP contribution < -0.4 is 5.32 Å². The Hall–Kier alpha value is -1.32. The maximum atomic E-state index is 6.42. The highest BCUT2D eigenvalue weighted by Crippen LogP contribution is 2.39. The van der Waals surface area contributed by atoms with Gasteiger partial charge in [-0.2, -0.15) is 5.10 Å². The summed E-state index contributed by atoms with van der Waals surface area (Å²) >= 11 is 6.42. The second-order valence-corrected chi connectivity index (χ2v) is 6.48. The van der Waals surface area contributed by atoms with Gasteiger partial charge in [0.2, 0.25) is 0 Å². The Morgan fingerprint density at radius 1 is 1.29 bits per heavy atom. The van der Waals surface area contributed by atoms with Gasteiger partial charge < -0.3 is 5.32 Å². The number of benzene rings is 1. The highest BCUT2D eigenvalue weighted by atomic mass is 35.5. The lowest BCUT2D eigenvalue weighted by molar-refractivity contribution is 0.403. The summed E-state index contributed by atoms with van der Waals surface area (Å²) in [4.78, 5) is 0. The van der Waals surface area contributed by atoms with E-state index < -0.39 is 0 Å². The molecule has 1 N–H and O–H groups in total. The normalized spacial score (nSPS) is 22.7. The van der Waals surface area contributed by atoms with Crippen LogP contribution in [0.5, 0.6) is 0 Å². The van der Waals surface area contributed by atoms with Crippen molar-refractivity contribution in [3.63, 3.8) is 0 Å². The van der Waals surface area contributed by atoms with E-state index in [0.717, 1.165) is 24.5 Å². The third-order valence-corrected chi connectivity index (χ3v) is 4.71. The fourth-order valence-electron chi connectivity index (χ4n) is 3.19. The van der Waals surface area contributed by atoms with Gasteiger partial charge in [-0.15, -0.1) is 0 Å². The van der Waals surface area contributed by atoms with Crippen molar-refractivity contribution in [3.8, 4) is 0 Å². The first kappa shape index (κ1) is 14.6. The Balaban J connectivity index is 1.92. The first-order chi connectivity index (χ1) is 10.2. The molecule has 0 spiro atoms. The number of aromatic nitrogens is 2. The van der Waals surface area contributed by atoms with E-state index in [1.165, 1.54) is 11.1 Å². The Bertz CT molecular complexity index is 606. The number of nitrogens with one attached hydrogen (secondary N) is 1. The third kappa shape index (κ3) is 2.99. The van der Waals surface area contributed by atoms with E-state index in [-0.39, 0.29) is 0 Å². The van der Waals surface area contributed by atoms with Gasteiger partial charge in [0.05, 0.1) is 6.20 Å². The molecule has 2 unspecified atom stereocenters. The van der Waals surface area contributed by atoms with Crippen LogP contribution in [-0.4, -0.2) is 22.9 Å². The molecular formula is C17H22ClN3. The van der Waals surface area contributed by atoms with E-state index >= 15 is 0 Å². The molecule has 4 heteroatoms. The van der Waals surface area contributed by atoms with Crippen LogP contribution in [0.25, 0.3) is 0 Å². The minimum Gasteiger partial charge on any atom is -0.316 e. The molecule has 0 amide bonds. The van der Waals surface area contributed by atoms with Gasteiger partial charge in [0.1, 0.15) is 0 Å². The molecule has 112 valence electrons. The van der Waals surface area contributed by atoms with Crippen molar-refractivity contribution in [1.29, 1.82) is 0 Å². The van der Waals surface area contributed by atoms with Crippen molar-refractivity contribution in [1.82, 2.24) is 15.1 Å². The summed E-state index contributed by atoms with van der Waals surface area (Å²) in [7, 11) is 0. The zero-order valence-corrected chi connectivity index (χ0v) is 13.3. The minimum absolute atomic E-state index is 0.402. The number of hydrogen-bond acceptors (Lipinski definition) is 2. The van der Waals surface area contributed by atoms with Crippen LogP contribution in [0.4, 0.5) is 0 Å². The summed E-state index contributed by atoms with van der Waals surface area (Å²) in [5.41, 5.74) is 2.57. The Labute approximate surface area is 131 Å². The summed E-state index contributed by atoms with van der Waals surface area (Å²) in [6.45, 7) is 6.34. The Morgan fingerprint density at radius 2 is 2.10 bits per heavy atom. The quantitative estimate of drug-likeness (QED) is 0.929. The minimum atomic E-state index is 0.402. The zero-order chi connectivity index (χ0) is 14.8. The molecule has 1 fully saturated rings. The van der Waals surface area contributed by atoms with Crippen LogP contribution in [0.2, 0.25) is 5.02 Å².